The summed E-state index contributed by atoms with van der Waals surface area (Å²) in [6.45, 7) is 3.54. The van der Waals surface area contributed by atoms with Gasteiger partial charge in [-0.2, -0.15) is 13.2 Å². The number of carbonyl (C=O) groups excluding carboxylic acids is 5. The highest BCUT2D eigenvalue weighted by Gasteiger charge is 2.43. The monoisotopic (exact) mass is 644 g/mol. The summed E-state index contributed by atoms with van der Waals surface area (Å²) in [6, 6.07) is 9.75. The van der Waals surface area contributed by atoms with Gasteiger partial charge in [0.1, 0.15) is 23.7 Å². The number of rotatable bonds is 9. The first-order valence-electron chi connectivity index (χ1n) is 15.4. The van der Waals surface area contributed by atoms with Gasteiger partial charge in [-0.1, -0.05) is 37.3 Å². The first kappa shape index (κ1) is 34.5. The molecular weight excluding hydrogens is 605 g/mol. The first-order valence-corrected chi connectivity index (χ1v) is 15.4. The van der Waals surface area contributed by atoms with E-state index < -0.39 is 65.0 Å². The van der Waals surface area contributed by atoms with Crippen LogP contribution >= 0.6 is 0 Å². The number of carbonyl (C=O) groups is 5. The number of hydrogen-bond acceptors (Lipinski definition) is 6. The minimum atomic E-state index is -4.53. The van der Waals surface area contributed by atoms with Crippen LogP contribution in [-0.4, -0.2) is 71.3 Å². The summed E-state index contributed by atoms with van der Waals surface area (Å²) in [5.41, 5.74) is -1.50. The molecule has 1 unspecified atom stereocenters. The maximum atomic E-state index is 13.8. The van der Waals surface area contributed by atoms with Crippen molar-refractivity contribution in [1.82, 2.24) is 20.9 Å². The Labute approximate surface area is 265 Å². The predicted octanol–water partition coefficient (Wildman–Crippen LogP) is 3.53. The van der Waals surface area contributed by atoms with Crippen LogP contribution in [0.5, 0.6) is 0 Å². The molecule has 13 heteroatoms. The quantitative estimate of drug-likeness (QED) is 0.283. The van der Waals surface area contributed by atoms with E-state index in [1.165, 1.54) is 24.0 Å². The zero-order chi connectivity index (χ0) is 33.5. The van der Waals surface area contributed by atoms with Crippen LogP contribution in [0, 0.1) is 0 Å². The molecule has 2 aliphatic rings. The van der Waals surface area contributed by atoms with Crippen LogP contribution in [0.2, 0.25) is 0 Å². The third-order valence-corrected chi connectivity index (χ3v) is 8.53. The molecular formula is C33H39F3N4O6. The van der Waals surface area contributed by atoms with Crippen LogP contribution in [0.1, 0.15) is 73.9 Å². The fraction of sp³-hybridized carbons (Fsp3) is 0.485. The Morgan fingerprint density at radius 3 is 2.30 bits per heavy atom. The van der Waals surface area contributed by atoms with Crippen molar-refractivity contribution in [2.75, 3.05) is 13.2 Å². The molecule has 3 N–H and O–H groups in total. The van der Waals surface area contributed by atoms with E-state index in [2.05, 4.69) is 16.0 Å². The van der Waals surface area contributed by atoms with Gasteiger partial charge in [-0.3, -0.25) is 19.2 Å². The minimum absolute atomic E-state index is 0.107. The molecule has 0 bridgehead atoms. The van der Waals surface area contributed by atoms with Crippen molar-refractivity contribution >= 4 is 29.6 Å². The van der Waals surface area contributed by atoms with E-state index in [-0.39, 0.29) is 32.4 Å². The molecule has 2 aliphatic heterocycles. The van der Waals surface area contributed by atoms with E-state index in [1.807, 2.05) is 0 Å². The van der Waals surface area contributed by atoms with Crippen LogP contribution in [0.3, 0.4) is 0 Å². The summed E-state index contributed by atoms with van der Waals surface area (Å²) in [7, 11) is 0. The second-order valence-electron chi connectivity index (χ2n) is 11.8. The highest BCUT2D eigenvalue weighted by Crippen LogP contribution is 2.29. The molecule has 0 spiro atoms. The highest BCUT2D eigenvalue weighted by molar-refractivity contribution is 5.99. The average Bonchev–Trinajstić information content (AvgIpc) is 3.53. The Hall–Kier alpha value is -4.42. The van der Waals surface area contributed by atoms with Crippen LogP contribution in [-0.2, 0) is 36.5 Å². The van der Waals surface area contributed by atoms with Gasteiger partial charge in [0.25, 0.3) is 0 Å². The highest BCUT2D eigenvalue weighted by atomic mass is 19.4. The average molecular weight is 645 g/mol. The molecule has 0 aromatic heterocycles. The second kappa shape index (κ2) is 14.8. The van der Waals surface area contributed by atoms with Gasteiger partial charge in [0.2, 0.25) is 23.6 Å². The lowest BCUT2D eigenvalue weighted by atomic mass is 9.94. The first-order chi connectivity index (χ1) is 21.8. The minimum Gasteiger partial charge on any atom is -0.462 e. The van der Waals surface area contributed by atoms with Gasteiger partial charge in [-0.05, 0) is 75.3 Å². The molecule has 0 aliphatic carbocycles. The molecule has 4 atom stereocenters. The van der Waals surface area contributed by atoms with Crippen LogP contribution in [0.15, 0.2) is 54.6 Å². The van der Waals surface area contributed by atoms with Gasteiger partial charge in [0, 0.05) is 13.0 Å². The number of nitrogens with zero attached hydrogens (tertiary/aromatic N) is 1. The lowest BCUT2D eigenvalue weighted by Gasteiger charge is -2.36. The molecule has 0 radical (unpaired) electrons. The smallest absolute Gasteiger partial charge is 0.416 e. The van der Waals surface area contributed by atoms with E-state index in [9.17, 15) is 37.1 Å². The molecule has 0 saturated carbocycles. The van der Waals surface area contributed by atoms with E-state index in [0.29, 0.717) is 36.8 Å². The molecule has 10 nitrogen and oxygen atoms in total. The Morgan fingerprint density at radius 2 is 1.65 bits per heavy atom. The summed E-state index contributed by atoms with van der Waals surface area (Å²) >= 11 is 0. The molecule has 4 amide bonds. The Morgan fingerprint density at radius 1 is 0.957 bits per heavy atom. The Bertz CT molecular complexity index is 1420. The number of unbranched alkanes of at least 4 members (excludes halogenated alkanes) is 1. The molecule has 46 heavy (non-hydrogen) atoms. The largest absolute Gasteiger partial charge is 0.462 e. The Balaban J connectivity index is 1.49. The molecule has 2 fully saturated rings. The van der Waals surface area contributed by atoms with E-state index >= 15 is 0 Å². The lowest BCUT2D eigenvalue weighted by molar-refractivity contribution is -0.144. The topological polar surface area (TPSA) is 134 Å². The van der Waals surface area contributed by atoms with E-state index in [1.54, 1.807) is 37.3 Å². The predicted molar refractivity (Wildman–Crippen MR) is 161 cm³/mol. The van der Waals surface area contributed by atoms with Crippen molar-refractivity contribution in [2.24, 2.45) is 0 Å². The second-order valence-corrected chi connectivity index (χ2v) is 11.8. The van der Waals surface area contributed by atoms with Crippen molar-refractivity contribution in [2.45, 2.75) is 88.6 Å². The molecule has 4 rings (SSSR count). The van der Waals surface area contributed by atoms with Crippen molar-refractivity contribution in [3.05, 3.63) is 71.3 Å². The molecule has 2 aromatic carbocycles. The number of fused-ring (bicyclic) bond motifs is 1. The number of ether oxygens (including phenoxy) is 1. The normalized spacial score (nSPS) is 24.2. The van der Waals surface area contributed by atoms with Gasteiger partial charge in [-0.15, -0.1) is 0 Å². The standard InChI is InChI=1S/C33H39F3N4O6/c1-3-32(2)31(45)38-25(20-21-14-16-23(17-15-21)33(34,35)36)29(43)40-18-9-13-26(40)28(42)37-24(27(41)39-32)12-7-8-19-46-30(44)22-10-5-4-6-11-22/h4-6,10-11,14-17,24-26H,3,7-9,12-13,18-20H2,1-2H3,(H,37,42)(H,38,45)(H,39,41)/t24-,25?,26+,32-/m0/s1. The van der Waals surface area contributed by atoms with Gasteiger partial charge in [-0.25, -0.2) is 4.79 Å². The summed E-state index contributed by atoms with van der Waals surface area (Å²) in [5, 5.41) is 8.24. The fourth-order valence-electron chi connectivity index (χ4n) is 5.56. The van der Waals surface area contributed by atoms with Crippen molar-refractivity contribution in [3.63, 3.8) is 0 Å². The lowest BCUT2D eigenvalue weighted by Crippen LogP contribution is -2.65. The summed E-state index contributed by atoms with van der Waals surface area (Å²) in [5.74, 6) is -2.73. The molecule has 248 valence electrons. The number of alkyl halides is 3. The van der Waals surface area contributed by atoms with Gasteiger partial charge in [0.15, 0.2) is 0 Å². The van der Waals surface area contributed by atoms with E-state index in [4.69, 9.17) is 4.74 Å². The van der Waals surface area contributed by atoms with Gasteiger partial charge < -0.3 is 25.6 Å². The Kier molecular flexibility index (Phi) is 11.1. The van der Waals surface area contributed by atoms with Crippen LogP contribution in [0.4, 0.5) is 13.2 Å². The zero-order valence-corrected chi connectivity index (χ0v) is 25.8. The number of esters is 1. The number of halogens is 3. The summed E-state index contributed by atoms with van der Waals surface area (Å²) in [4.78, 5) is 68.1. The van der Waals surface area contributed by atoms with E-state index in [0.717, 1.165) is 12.1 Å². The third kappa shape index (κ3) is 8.43. The molecule has 2 saturated heterocycles. The fourth-order valence-corrected chi connectivity index (χ4v) is 5.56. The van der Waals surface area contributed by atoms with Crippen molar-refractivity contribution in [3.8, 4) is 0 Å². The van der Waals surface area contributed by atoms with Gasteiger partial charge in [0.05, 0.1) is 17.7 Å². The zero-order valence-electron chi connectivity index (χ0n) is 25.8. The van der Waals surface area contributed by atoms with Crippen molar-refractivity contribution in [1.29, 1.82) is 0 Å². The summed E-state index contributed by atoms with van der Waals surface area (Å²) in [6.07, 6.45) is -2.61. The molecule has 2 heterocycles. The molecule has 2 aromatic rings. The number of hydrogen-bond donors (Lipinski definition) is 3. The maximum Gasteiger partial charge on any atom is 0.416 e. The van der Waals surface area contributed by atoms with Crippen LogP contribution < -0.4 is 16.0 Å². The SMILES string of the molecule is CC[C@]1(C)NC(=O)[C@H](CCCCOC(=O)c2ccccc2)NC(=O)[C@H]2CCCN2C(=O)C(Cc2ccc(C(F)(F)F)cc2)NC1=O. The third-order valence-electron chi connectivity index (χ3n) is 8.53. The van der Waals surface area contributed by atoms with Crippen LogP contribution in [0.25, 0.3) is 0 Å². The number of amides is 4. The maximum absolute atomic E-state index is 13.8. The number of nitrogens with one attached hydrogen (secondary N) is 3. The summed E-state index contributed by atoms with van der Waals surface area (Å²) < 4.78 is 44.6. The number of benzene rings is 2. The van der Waals surface area contributed by atoms with Crippen molar-refractivity contribution < 1.29 is 41.9 Å². The van der Waals surface area contributed by atoms with Gasteiger partial charge >= 0.3 is 12.1 Å².